The van der Waals surface area contributed by atoms with Gasteiger partial charge in [-0.3, -0.25) is 0 Å². The van der Waals surface area contributed by atoms with E-state index >= 15 is 0 Å². The number of hydrogen-bond acceptors (Lipinski definition) is 4. The molecule has 1 rings (SSSR count). The van der Waals surface area contributed by atoms with Crippen LogP contribution < -0.4 is 4.18 Å². The fourth-order valence-electron chi connectivity index (χ4n) is 6.42. The molecule has 0 amide bonds. The summed E-state index contributed by atoms with van der Waals surface area (Å²) in [6, 6.07) is 4.15. The lowest BCUT2D eigenvalue weighted by molar-refractivity contribution is 0.265. The van der Waals surface area contributed by atoms with Crippen molar-refractivity contribution < 1.29 is 16.8 Å². The number of benzene rings is 1. The van der Waals surface area contributed by atoms with E-state index in [1.54, 1.807) is 0 Å². The molecule has 0 heterocycles. The second-order valence-electron chi connectivity index (χ2n) is 13.8. The maximum Gasteiger partial charge on any atom is 0.449 e. The summed E-state index contributed by atoms with van der Waals surface area (Å²) in [4.78, 5) is 0. The second-order valence-corrected chi connectivity index (χ2v) is 15.0. The third-order valence-electron chi connectivity index (χ3n) is 9.25. The van der Waals surface area contributed by atoms with Crippen molar-refractivity contribution in [2.24, 2.45) is 0 Å². The smallest absolute Gasteiger partial charge is 0.361 e. The van der Waals surface area contributed by atoms with Crippen molar-refractivity contribution in [1.82, 2.24) is 0 Å². The minimum atomic E-state index is -4.05. The van der Waals surface area contributed by atoms with Crippen LogP contribution in [0.15, 0.2) is 12.1 Å². The van der Waals surface area contributed by atoms with Crippen LogP contribution in [0.4, 0.5) is 0 Å². The lowest BCUT2D eigenvalue weighted by atomic mass is 10.00. The van der Waals surface area contributed by atoms with Crippen molar-refractivity contribution in [2.75, 3.05) is 6.61 Å². The molecule has 5 heteroatoms. The fraction of sp³-hybridized carbons (Fsp3) is 0.850. The molecule has 1 aromatic carbocycles. The SMILES string of the molecule is CCCCCCCCCCCCCCCCOS(=O)(=O)Oc1c(C)cc(CCCCCCCCCCCCCCCC)cc1C. The second kappa shape index (κ2) is 29.1. The molecule has 0 aliphatic carbocycles. The molecule has 264 valence electrons. The molecule has 0 atom stereocenters. The first kappa shape index (κ1) is 42.0. The van der Waals surface area contributed by atoms with Gasteiger partial charge in [0.2, 0.25) is 0 Å². The summed E-state index contributed by atoms with van der Waals surface area (Å²) in [5, 5.41) is 0. The van der Waals surface area contributed by atoms with Crippen LogP contribution in [0, 0.1) is 13.8 Å². The summed E-state index contributed by atoms with van der Waals surface area (Å²) < 4.78 is 35.6. The van der Waals surface area contributed by atoms with E-state index in [1.807, 2.05) is 13.8 Å². The first-order valence-corrected chi connectivity index (χ1v) is 20.9. The lowest BCUT2D eigenvalue weighted by Crippen LogP contribution is -2.15. The molecule has 0 radical (unpaired) electrons. The van der Waals surface area contributed by atoms with E-state index in [1.165, 1.54) is 166 Å². The number of unbranched alkanes of at least 4 members (excludes halogenated alkanes) is 26. The molecular weight excluding hydrogens is 577 g/mol. The van der Waals surface area contributed by atoms with Crippen LogP contribution in [-0.4, -0.2) is 15.0 Å². The molecular formula is C40H74O4S. The Hall–Kier alpha value is -1.07. The van der Waals surface area contributed by atoms with Gasteiger partial charge in [0.1, 0.15) is 0 Å². The van der Waals surface area contributed by atoms with Crippen LogP contribution in [0.5, 0.6) is 5.75 Å². The van der Waals surface area contributed by atoms with Crippen LogP contribution >= 0.6 is 0 Å². The average Bonchev–Trinajstić information content (AvgIpc) is 3.01. The molecule has 0 saturated heterocycles. The van der Waals surface area contributed by atoms with Gasteiger partial charge < -0.3 is 4.18 Å². The minimum absolute atomic E-state index is 0.190. The van der Waals surface area contributed by atoms with Crippen molar-refractivity contribution >= 4 is 10.4 Å². The molecule has 0 bridgehead atoms. The van der Waals surface area contributed by atoms with E-state index in [-0.39, 0.29) is 6.61 Å². The number of hydrogen-bond donors (Lipinski definition) is 0. The Kier molecular flexibility index (Phi) is 27.1. The van der Waals surface area contributed by atoms with Gasteiger partial charge in [0, 0.05) is 0 Å². The Morgan fingerprint density at radius 3 is 1.13 bits per heavy atom. The van der Waals surface area contributed by atoms with Gasteiger partial charge in [-0.15, -0.1) is 0 Å². The Bertz CT molecular complexity index is 888. The van der Waals surface area contributed by atoms with Gasteiger partial charge in [0.05, 0.1) is 6.61 Å². The molecule has 1 aromatic rings. The number of rotatable bonds is 33. The van der Waals surface area contributed by atoms with Gasteiger partial charge in [-0.05, 0) is 49.8 Å². The summed E-state index contributed by atoms with van der Waals surface area (Å²) >= 11 is 0. The largest absolute Gasteiger partial charge is 0.449 e. The fourth-order valence-corrected chi connectivity index (χ4v) is 7.26. The molecule has 0 unspecified atom stereocenters. The highest BCUT2D eigenvalue weighted by Crippen LogP contribution is 2.28. The third-order valence-corrected chi connectivity index (χ3v) is 10.1. The quantitative estimate of drug-likeness (QED) is 0.0710. The number of aryl methyl sites for hydroxylation is 3. The Balaban J connectivity index is 2.10. The van der Waals surface area contributed by atoms with Crippen molar-refractivity contribution in [3.05, 3.63) is 28.8 Å². The maximum atomic E-state index is 12.5. The van der Waals surface area contributed by atoms with E-state index in [2.05, 4.69) is 26.0 Å². The first-order chi connectivity index (χ1) is 21.9. The minimum Gasteiger partial charge on any atom is -0.361 e. The van der Waals surface area contributed by atoms with Crippen LogP contribution in [0.1, 0.15) is 210 Å². The Labute approximate surface area is 281 Å². The lowest BCUT2D eigenvalue weighted by Gasteiger charge is -2.14. The monoisotopic (exact) mass is 651 g/mol. The maximum absolute atomic E-state index is 12.5. The molecule has 0 spiro atoms. The van der Waals surface area contributed by atoms with Crippen molar-refractivity contribution in [3.63, 3.8) is 0 Å². The van der Waals surface area contributed by atoms with E-state index < -0.39 is 10.4 Å². The zero-order chi connectivity index (χ0) is 32.9. The van der Waals surface area contributed by atoms with E-state index in [0.717, 1.165) is 36.8 Å². The molecule has 0 N–H and O–H groups in total. The van der Waals surface area contributed by atoms with Gasteiger partial charge in [0.15, 0.2) is 5.75 Å². The molecule has 0 aliphatic heterocycles. The van der Waals surface area contributed by atoms with Crippen LogP contribution in [0.2, 0.25) is 0 Å². The Morgan fingerprint density at radius 2 is 0.778 bits per heavy atom. The predicted octanol–water partition coefficient (Wildman–Crippen LogP) is 13.4. The highest BCUT2D eigenvalue weighted by molar-refractivity contribution is 7.82. The summed E-state index contributed by atoms with van der Waals surface area (Å²) in [6.45, 7) is 8.60. The standard InChI is InChI=1S/C40H74O4S/c1-5-7-9-11-13-15-17-19-21-23-25-27-29-31-33-39-35-37(3)40(38(4)36-39)44-45(41,42)43-34-32-30-28-26-24-22-20-18-16-14-12-10-8-6-2/h35-36H,5-34H2,1-4H3. The van der Waals surface area contributed by atoms with Crippen molar-refractivity contribution in [2.45, 2.75) is 214 Å². The molecule has 45 heavy (non-hydrogen) atoms. The molecule has 0 fully saturated rings. The van der Waals surface area contributed by atoms with Gasteiger partial charge in [-0.1, -0.05) is 193 Å². The zero-order valence-electron chi connectivity index (χ0n) is 30.4. The van der Waals surface area contributed by atoms with Crippen molar-refractivity contribution in [1.29, 1.82) is 0 Å². The van der Waals surface area contributed by atoms with Crippen LogP contribution in [0.25, 0.3) is 0 Å². The van der Waals surface area contributed by atoms with Gasteiger partial charge >= 0.3 is 10.4 Å². The predicted molar refractivity (Wildman–Crippen MR) is 196 cm³/mol. The molecule has 4 nitrogen and oxygen atoms in total. The topological polar surface area (TPSA) is 52.6 Å². The van der Waals surface area contributed by atoms with E-state index in [4.69, 9.17) is 8.37 Å². The van der Waals surface area contributed by atoms with Crippen LogP contribution in [-0.2, 0) is 21.0 Å². The summed E-state index contributed by atoms with van der Waals surface area (Å²) in [5.74, 6) is 0.417. The molecule has 0 aromatic heterocycles. The first-order valence-electron chi connectivity index (χ1n) is 19.6. The zero-order valence-corrected chi connectivity index (χ0v) is 31.2. The van der Waals surface area contributed by atoms with E-state index in [0.29, 0.717) is 5.75 Å². The van der Waals surface area contributed by atoms with Gasteiger partial charge in [0.25, 0.3) is 0 Å². The average molecular weight is 651 g/mol. The van der Waals surface area contributed by atoms with Crippen LogP contribution in [0.3, 0.4) is 0 Å². The Morgan fingerprint density at radius 1 is 0.467 bits per heavy atom. The summed E-state index contributed by atoms with van der Waals surface area (Å²) in [6.07, 6.45) is 37.9. The highest BCUT2D eigenvalue weighted by atomic mass is 32.3. The van der Waals surface area contributed by atoms with Gasteiger partial charge in [-0.2, -0.15) is 8.42 Å². The van der Waals surface area contributed by atoms with Crippen molar-refractivity contribution in [3.8, 4) is 5.75 Å². The normalized spacial score (nSPS) is 11.8. The summed E-state index contributed by atoms with van der Waals surface area (Å²) in [7, 11) is -4.05. The summed E-state index contributed by atoms with van der Waals surface area (Å²) in [5.41, 5.74) is 2.98. The highest BCUT2D eigenvalue weighted by Gasteiger charge is 2.18. The van der Waals surface area contributed by atoms with E-state index in [9.17, 15) is 8.42 Å². The third kappa shape index (κ3) is 24.7. The molecule has 0 aliphatic rings. The molecule has 0 saturated carbocycles. The van der Waals surface area contributed by atoms with Gasteiger partial charge in [-0.25, -0.2) is 4.18 Å².